The molecule has 2 aromatic rings. The van der Waals surface area contributed by atoms with Gasteiger partial charge in [-0.1, -0.05) is 75.1 Å². The molecule has 5 nitrogen and oxygen atoms in total. The summed E-state index contributed by atoms with van der Waals surface area (Å²) in [5.74, 6) is -2.31. The minimum Gasteiger partial charge on any atom is -0.354 e. The first-order valence-electron chi connectivity index (χ1n) is 13.0. The molecule has 0 heterocycles. The number of nitrogens with two attached hydrogens (primary N) is 1. The zero-order valence-electron chi connectivity index (χ0n) is 21.4. The van der Waals surface area contributed by atoms with Gasteiger partial charge in [0, 0.05) is 17.7 Å². The average Bonchev–Trinajstić information content (AvgIpc) is 2.89. The minimum absolute atomic E-state index is 0.0994. The second kappa shape index (κ2) is 16.3. The van der Waals surface area contributed by atoms with Crippen LogP contribution in [0.3, 0.4) is 0 Å². The molecule has 0 saturated heterocycles. The van der Waals surface area contributed by atoms with Crippen LogP contribution in [0.1, 0.15) is 91.7 Å². The first-order chi connectivity index (χ1) is 18.1. The van der Waals surface area contributed by atoms with E-state index in [2.05, 4.69) is 10.6 Å². The number of hydrogen-bond donors (Lipinski definition) is 3. The quantitative estimate of drug-likeness (QED) is 0.154. The third-order valence-corrected chi connectivity index (χ3v) is 6.53. The van der Waals surface area contributed by atoms with Gasteiger partial charge in [-0.2, -0.15) is 13.2 Å². The van der Waals surface area contributed by atoms with Gasteiger partial charge in [0.05, 0.1) is 10.6 Å². The third-order valence-electron chi connectivity index (χ3n) is 6.23. The monoisotopic (exact) mass is 557 g/mol. The van der Waals surface area contributed by atoms with Crippen molar-refractivity contribution in [3.63, 3.8) is 0 Å². The van der Waals surface area contributed by atoms with E-state index in [9.17, 15) is 27.2 Å². The fraction of sp³-hybridized carbons (Fsp3) is 0.500. The SMILES string of the molecule is NCCCCCCCCCCCCNC(=O)C(NC(=O)c1ccc(C(F)(F)F)cc1)c1cccc(Cl)c1F. The molecule has 0 bridgehead atoms. The van der Waals surface area contributed by atoms with Crippen molar-refractivity contribution in [1.82, 2.24) is 10.6 Å². The Morgan fingerprint density at radius 3 is 1.95 bits per heavy atom. The van der Waals surface area contributed by atoms with Crippen molar-refractivity contribution in [3.8, 4) is 0 Å². The summed E-state index contributed by atoms with van der Waals surface area (Å²) < 4.78 is 53.2. The van der Waals surface area contributed by atoms with Crippen LogP contribution in [-0.2, 0) is 11.0 Å². The van der Waals surface area contributed by atoms with Crippen molar-refractivity contribution in [1.29, 1.82) is 0 Å². The Morgan fingerprint density at radius 2 is 1.39 bits per heavy atom. The van der Waals surface area contributed by atoms with Gasteiger partial charge in [-0.3, -0.25) is 9.59 Å². The lowest BCUT2D eigenvalue weighted by Gasteiger charge is -2.20. The maximum atomic E-state index is 14.7. The Labute approximate surface area is 226 Å². The lowest BCUT2D eigenvalue weighted by Crippen LogP contribution is -2.41. The molecule has 210 valence electrons. The Kier molecular flexibility index (Phi) is 13.6. The van der Waals surface area contributed by atoms with Gasteiger partial charge >= 0.3 is 6.18 Å². The summed E-state index contributed by atoms with van der Waals surface area (Å²) in [7, 11) is 0. The highest BCUT2D eigenvalue weighted by molar-refractivity contribution is 6.30. The van der Waals surface area contributed by atoms with Crippen LogP contribution >= 0.6 is 11.6 Å². The number of benzene rings is 2. The van der Waals surface area contributed by atoms with Gasteiger partial charge in [-0.05, 0) is 49.7 Å². The van der Waals surface area contributed by atoms with Crippen LogP contribution in [0.4, 0.5) is 17.6 Å². The van der Waals surface area contributed by atoms with Gasteiger partial charge < -0.3 is 16.4 Å². The smallest absolute Gasteiger partial charge is 0.354 e. The number of carbonyl (C=O) groups is 2. The maximum absolute atomic E-state index is 14.7. The molecule has 1 unspecified atom stereocenters. The van der Waals surface area contributed by atoms with Gasteiger partial charge in [-0.15, -0.1) is 0 Å². The van der Waals surface area contributed by atoms with Crippen molar-refractivity contribution < 1.29 is 27.2 Å². The summed E-state index contributed by atoms with van der Waals surface area (Å²) in [6, 6.07) is 6.22. The molecule has 0 radical (unpaired) electrons. The molecule has 0 aliphatic heterocycles. The molecule has 38 heavy (non-hydrogen) atoms. The summed E-state index contributed by atoms with van der Waals surface area (Å²) in [6.07, 6.45) is 6.31. The van der Waals surface area contributed by atoms with E-state index in [1.165, 1.54) is 50.3 Å². The van der Waals surface area contributed by atoms with E-state index >= 15 is 0 Å². The van der Waals surface area contributed by atoms with Crippen LogP contribution in [0.5, 0.6) is 0 Å². The predicted octanol–water partition coefficient (Wildman–Crippen LogP) is 6.94. The molecule has 2 amide bonds. The van der Waals surface area contributed by atoms with Crippen LogP contribution < -0.4 is 16.4 Å². The average molecular weight is 558 g/mol. The minimum atomic E-state index is -4.55. The summed E-state index contributed by atoms with van der Waals surface area (Å²) >= 11 is 5.87. The fourth-order valence-corrected chi connectivity index (χ4v) is 4.23. The summed E-state index contributed by atoms with van der Waals surface area (Å²) in [4.78, 5) is 25.7. The van der Waals surface area contributed by atoms with E-state index in [-0.39, 0.29) is 16.1 Å². The van der Waals surface area contributed by atoms with Gasteiger partial charge in [0.2, 0.25) is 5.91 Å². The largest absolute Gasteiger partial charge is 0.416 e. The second-order valence-corrected chi connectivity index (χ2v) is 9.65. The molecule has 0 fully saturated rings. The molecule has 0 spiro atoms. The first-order valence-corrected chi connectivity index (χ1v) is 13.4. The van der Waals surface area contributed by atoms with Crippen LogP contribution in [0.15, 0.2) is 42.5 Å². The number of unbranched alkanes of at least 4 members (excludes halogenated alkanes) is 9. The number of carbonyl (C=O) groups excluding carboxylic acids is 2. The topological polar surface area (TPSA) is 84.2 Å². The number of halogens is 5. The normalized spacial score (nSPS) is 12.3. The number of hydrogen-bond acceptors (Lipinski definition) is 3. The zero-order valence-corrected chi connectivity index (χ0v) is 22.1. The van der Waals surface area contributed by atoms with Gasteiger partial charge in [0.15, 0.2) is 0 Å². The molecule has 1 atom stereocenters. The Hall–Kier alpha value is -2.65. The molecular formula is C28H36ClF4N3O2. The second-order valence-electron chi connectivity index (χ2n) is 9.24. The zero-order chi connectivity index (χ0) is 28.0. The van der Waals surface area contributed by atoms with E-state index in [1.54, 1.807) is 0 Å². The van der Waals surface area contributed by atoms with Crippen molar-refractivity contribution >= 4 is 23.4 Å². The standard InChI is InChI=1S/C28H36ClF4N3O2/c29-23-13-11-12-22(24(23)30)25(36-26(37)20-14-16-21(17-15-20)28(31,32)33)27(38)35-19-10-8-6-4-2-1-3-5-7-9-18-34/h11-17,25H,1-10,18-19,34H2,(H,35,38)(H,36,37). The summed E-state index contributed by atoms with van der Waals surface area (Å²) in [5, 5.41) is 4.93. The van der Waals surface area contributed by atoms with Gasteiger partial charge in [0.25, 0.3) is 5.91 Å². The van der Waals surface area contributed by atoms with Crippen molar-refractivity contribution in [2.24, 2.45) is 5.73 Å². The van der Waals surface area contributed by atoms with E-state index in [1.807, 2.05) is 0 Å². The molecule has 4 N–H and O–H groups in total. The fourth-order valence-electron chi connectivity index (χ4n) is 4.05. The maximum Gasteiger partial charge on any atom is 0.416 e. The Bertz CT molecular complexity index is 1020. The number of amides is 2. The van der Waals surface area contributed by atoms with E-state index in [4.69, 9.17) is 17.3 Å². The van der Waals surface area contributed by atoms with Crippen molar-refractivity contribution in [3.05, 3.63) is 70.0 Å². The first kappa shape index (κ1) is 31.6. The molecule has 0 aromatic heterocycles. The number of rotatable bonds is 16. The lowest BCUT2D eigenvalue weighted by atomic mass is 10.0. The Balaban J connectivity index is 1.89. The number of alkyl halides is 3. The molecule has 2 rings (SSSR count). The lowest BCUT2D eigenvalue weighted by molar-refractivity contribution is -0.137. The van der Waals surface area contributed by atoms with E-state index < -0.39 is 35.4 Å². The molecular weight excluding hydrogens is 522 g/mol. The van der Waals surface area contributed by atoms with Crippen molar-refractivity contribution in [2.45, 2.75) is 76.4 Å². The highest BCUT2D eigenvalue weighted by Crippen LogP contribution is 2.29. The highest BCUT2D eigenvalue weighted by Gasteiger charge is 2.31. The molecule has 10 heteroatoms. The van der Waals surface area contributed by atoms with Crippen LogP contribution in [0.2, 0.25) is 5.02 Å². The van der Waals surface area contributed by atoms with E-state index in [0.29, 0.717) is 6.54 Å². The van der Waals surface area contributed by atoms with Crippen molar-refractivity contribution in [2.75, 3.05) is 13.1 Å². The van der Waals surface area contributed by atoms with Crippen LogP contribution in [0.25, 0.3) is 0 Å². The highest BCUT2D eigenvalue weighted by atomic mass is 35.5. The van der Waals surface area contributed by atoms with Gasteiger partial charge in [0.1, 0.15) is 11.9 Å². The molecule has 2 aromatic carbocycles. The van der Waals surface area contributed by atoms with E-state index in [0.717, 1.165) is 62.9 Å². The molecule has 0 aliphatic rings. The van der Waals surface area contributed by atoms with Crippen LogP contribution in [0, 0.1) is 5.82 Å². The van der Waals surface area contributed by atoms with Gasteiger partial charge in [-0.25, -0.2) is 4.39 Å². The summed E-state index contributed by atoms with van der Waals surface area (Å²) in [5.41, 5.74) is 4.34. The summed E-state index contributed by atoms with van der Waals surface area (Å²) in [6.45, 7) is 1.09. The predicted molar refractivity (Wildman–Crippen MR) is 141 cm³/mol. The number of nitrogens with one attached hydrogen (secondary N) is 2. The Morgan fingerprint density at radius 1 is 0.842 bits per heavy atom. The molecule has 0 aliphatic carbocycles. The van der Waals surface area contributed by atoms with Crippen LogP contribution in [-0.4, -0.2) is 24.9 Å². The molecule has 0 saturated carbocycles. The third kappa shape index (κ3) is 10.6.